The summed E-state index contributed by atoms with van der Waals surface area (Å²) in [5, 5.41) is 3.57. The second-order valence-corrected chi connectivity index (χ2v) is 5.60. The molecule has 122 valence electrons. The Labute approximate surface area is 141 Å². The molecule has 3 N–H and O–H groups in total. The lowest BCUT2D eigenvalue weighted by Crippen LogP contribution is -2.25. The smallest absolute Gasteiger partial charge is 0.255 e. The predicted molar refractivity (Wildman–Crippen MR) is 92.8 cm³/mol. The van der Waals surface area contributed by atoms with Crippen molar-refractivity contribution in [1.29, 1.82) is 0 Å². The monoisotopic (exact) mass is 332 g/mol. The molecule has 0 aliphatic carbocycles. The van der Waals surface area contributed by atoms with E-state index in [1.165, 1.54) is 0 Å². The van der Waals surface area contributed by atoms with Gasteiger partial charge in [-0.1, -0.05) is 35.9 Å². The number of halogens is 1. The summed E-state index contributed by atoms with van der Waals surface area (Å²) in [5.41, 5.74) is 6.97. The van der Waals surface area contributed by atoms with Crippen molar-refractivity contribution >= 4 is 17.5 Å². The van der Waals surface area contributed by atoms with E-state index in [1.54, 1.807) is 12.1 Å². The van der Waals surface area contributed by atoms with Crippen LogP contribution < -0.4 is 15.8 Å². The number of rotatable bonds is 8. The molecule has 0 saturated heterocycles. The SMILES string of the molecule is NCCCCNC(=O)c1ccccc1OCc1ccc(Cl)cc1. The van der Waals surface area contributed by atoms with E-state index in [-0.39, 0.29) is 5.91 Å². The average Bonchev–Trinajstić information content (AvgIpc) is 2.58. The van der Waals surface area contributed by atoms with E-state index in [0.717, 1.165) is 18.4 Å². The third-order valence-corrected chi connectivity index (χ3v) is 3.61. The van der Waals surface area contributed by atoms with Crippen LogP contribution in [0.5, 0.6) is 5.75 Å². The highest BCUT2D eigenvalue weighted by Crippen LogP contribution is 2.20. The van der Waals surface area contributed by atoms with Crippen LogP contribution in [0.4, 0.5) is 0 Å². The van der Waals surface area contributed by atoms with Crippen molar-refractivity contribution in [2.24, 2.45) is 5.73 Å². The number of ether oxygens (including phenoxy) is 1. The first-order valence-electron chi connectivity index (χ1n) is 7.65. The van der Waals surface area contributed by atoms with Gasteiger partial charge in [-0.25, -0.2) is 0 Å². The fourth-order valence-electron chi connectivity index (χ4n) is 2.09. The van der Waals surface area contributed by atoms with Crippen LogP contribution >= 0.6 is 11.6 Å². The van der Waals surface area contributed by atoms with Gasteiger partial charge in [0.15, 0.2) is 0 Å². The molecule has 4 nitrogen and oxygen atoms in total. The van der Waals surface area contributed by atoms with Crippen molar-refractivity contribution in [3.8, 4) is 5.75 Å². The molecule has 0 spiro atoms. The van der Waals surface area contributed by atoms with E-state index < -0.39 is 0 Å². The first-order valence-corrected chi connectivity index (χ1v) is 8.03. The van der Waals surface area contributed by atoms with Gasteiger partial charge in [-0.2, -0.15) is 0 Å². The topological polar surface area (TPSA) is 64.3 Å². The quantitative estimate of drug-likeness (QED) is 0.728. The molecule has 0 bridgehead atoms. The minimum atomic E-state index is -0.131. The van der Waals surface area contributed by atoms with Crippen molar-refractivity contribution in [3.05, 3.63) is 64.7 Å². The maximum absolute atomic E-state index is 12.2. The molecule has 0 atom stereocenters. The lowest BCUT2D eigenvalue weighted by molar-refractivity contribution is 0.0948. The summed E-state index contributed by atoms with van der Waals surface area (Å²) in [7, 11) is 0. The number of nitrogens with two attached hydrogens (primary N) is 1. The molecule has 2 aromatic rings. The van der Waals surface area contributed by atoms with Crippen molar-refractivity contribution in [3.63, 3.8) is 0 Å². The molecule has 2 rings (SSSR count). The van der Waals surface area contributed by atoms with Crippen LogP contribution in [0.2, 0.25) is 5.02 Å². The molecule has 0 aromatic heterocycles. The fourth-order valence-corrected chi connectivity index (χ4v) is 2.21. The number of hydrogen-bond donors (Lipinski definition) is 2. The number of carbonyl (C=O) groups excluding carboxylic acids is 1. The number of benzene rings is 2. The Kier molecular flexibility index (Phi) is 6.91. The van der Waals surface area contributed by atoms with Crippen molar-refractivity contribution < 1.29 is 9.53 Å². The second kappa shape index (κ2) is 9.18. The Morgan fingerprint density at radius 1 is 1.09 bits per heavy atom. The zero-order valence-corrected chi connectivity index (χ0v) is 13.7. The summed E-state index contributed by atoms with van der Waals surface area (Å²) >= 11 is 5.86. The van der Waals surface area contributed by atoms with Gasteiger partial charge in [-0.05, 0) is 49.2 Å². The highest BCUT2D eigenvalue weighted by Gasteiger charge is 2.11. The summed E-state index contributed by atoms with van der Waals surface area (Å²) in [6.45, 7) is 1.63. The summed E-state index contributed by atoms with van der Waals surface area (Å²) < 4.78 is 5.79. The Morgan fingerprint density at radius 2 is 1.83 bits per heavy atom. The van der Waals surface area contributed by atoms with Crippen LogP contribution in [-0.4, -0.2) is 19.0 Å². The first kappa shape index (κ1) is 17.3. The van der Waals surface area contributed by atoms with Gasteiger partial charge in [-0.15, -0.1) is 0 Å². The van der Waals surface area contributed by atoms with Crippen LogP contribution in [-0.2, 0) is 6.61 Å². The Bertz CT molecular complexity index is 629. The zero-order valence-electron chi connectivity index (χ0n) is 12.9. The van der Waals surface area contributed by atoms with E-state index in [4.69, 9.17) is 22.1 Å². The molecule has 2 aromatic carbocycles. The van der Waals surface area contributed by atoms with Gasteiger partial charge >= 0.3 is 0 Å². The summed E-state index contributed by atoms with van der Waals surface area (Å²) in [4.78, 5) is 12.2. The van der Waals surface area contributed by atoms with Gasteiger partial charge in [0.2, 0.25) is 0 Å². The predicted octanol–water partition coefficient (Wildman–Crippen LogP) is 3.39. The Morgan fingerprint density at radius 3 is 2.57 bits per heavy atom. The van der Waals surface area contributed by atoms with Gasteiger partial charge in [0, 0.05) is 11.6 Å². The maximum atomic E-state index is 12.2. The number of para-hydroxylation sites is 1. The molecular weight excluding hydrogens is 312 g/mol. The number of unbranched alkanes of at least 4 members (excludes halogenated alkanes) is 1. The van der Waals surface area contributed by atoms with Crippen LogP contribution in [0.1, 0.15) is 28.8 Å². The first-order chi connectivity index (χ1) is 11.2. The molecular formula is C18H21ClN2O2. The molecule has 0 aliphatic heterocycles. The zero-order chi connectivity index (χ0) is 16.5. The molecule has 0 aliphatic rings. The highest BCUT2D eigenvalue weighted by atomic mass is 35.5. The van der Waals surface area contributed by atoms with E-state index in [0.29, 0.717) is 36.0 Å². The average molecular weight is 333 g/mol. The Balaban J connectivity index is 1.96. The lowest BCUT2D eigenvalue weighted by Gasteiger charge is -2.12. The molecule has 0 saturated carbocycles. The maximum Gasteiger partial charge on any atom is 0.255 e. The third-order valence-electron chi connectivity index (χ3n) is 3.36. The van der Waals surface area contributed by atoms with Crippen LogP contribution in [0.15, 0.2) is 48.5 Å². The number of hydrogen-bond acceptors (Lipinski definition) is 3. The van der Waals surface area contributed by atoms with Gasteiger partial charge in [-0.3, -0.25) is 4.79 Å². The highest BCUT2D eigenvalue weighted by molar-refractivity contribution is 6.30. The van der Waals surface area contributed by atoms with Crippen LogP contribution in [0.25, 0.3) is 0 Å². The molecule has 1 amide bonds. The third kappa shape index (κ3) is 5.58. The normalized spacial score (nSPS) is 10.3. The van der Waals surface area contributed by atoms with Crippen molar-refractivity contribution in [1.82, 2.24) is 5.32 Å². The number of carbonyl (C=O) groups is 1. The minimum Gasteiger partial charge on any atom is -0.488 e. The fraction of sp³-hybridized carbons (Fsp3) is 0.278. The van der Waals surface area contributed by atoms with Gasteiger partial charge in [0.1, 0.15) is 12.4 Å². The van der Waals surface area contributed by atoms with E-state index in [1.807, 2.05) is 36.4 Å². The summed E-state index contributed by atoms with van der Waals surface area (Å²) in [5.74, 6) is 0.438. The van der Waals surface area contributed by atoms with Gasteiger partial charge in [0.05, 0.1) is 5.56 Å². The van der Waals surface area contributed by atoms with Crippen molar-refractivity contribution in [2.75, 3.05) is 13.1 Å². The molecule has 23 heavy (non-hydrogen) atoms. The standard InChI is InChI=1S/C18H21ClN2O2/c19-15-9-7-14(8-10-15)13-23-17-6-2-1-5-16(17)18(22)21-12-4-3-11-20/h1-2,5-10H,3-4,11-13,20H2,(H,21,22). The van der Waals surface area contributed by atoms with Gasteiger partial charge < -0.3 is 15.8 Å². The number of nitrogens with one attached hydrogen (secondary N) is 1. The molecule has 5 heteroatoms. The van der Waals surface area contributed by atoms with E-state index in [9.17, 15) is 4.79 Å². The van der Waals surface area contributed by atoms with Crippen LogP contribution in [0.3, 0.4) is 0 Å². The van der Waals surface area contributed by atoms with Crippen LogP contribution in [0, 0.1) is 0 Å². The number of amides is 1. The summed E-state index contributed by atoms with van der Waals surface area (Å²) in [6, 6.07) is 14.7. The summed E-state index contributed by atoms with van der Waals surface area (Å²) in [6.07, 6.45) is 1.77. The lowest BCUT2D eigenvalue weighted by atomic mass is 10.1. The van der Waals surface area contributed by atoms with E-state index in [2.05, 4.69) is 5.32 Å². The molecule has 0 radical (unpaired) electrons. The van der Waals surface area contributed by atoms with E-state index >= 15 is 0 Å². The molecule has 0 unspecified atom stereocenters. The minimum absolute atomic E-state index is 0.131. The second-order valence-electron chi connectivity index (χ2n) is 5.16. The molecule has 0 fully saturated rings. The Hall–Kier alpha value is -2.04. The van der Waals surface area contributed by atoms with Gasteiger partial charge in [0.25, 0.3) is 5.91 Å². The largest absolute Gasteiger partial charge is 0.488 e. The molecule has 0 heterocycles. The van der Waals surface area contributed by atoms with Crippen molar-refractivity contribution in [2.45, 2.75) is 19.4 Å².